The quantitative estimate of drug-likeness (QED) is 0.578. The van der Waals surface area contributed by atoms with E-state index in [0.29, 0.717) is 0 Å². The molecule has 0 bridgehead atoms. The van der Waals surface area contributed by atoms with E-state index in [0.717, 1.165) is 26.2 Å². The topological polar surface area (TPSA) is 18.8 Å². The van der Waals surface area contributed by atoms with Gasteiger partial charge >= 0.3 is 0 Å². The second-order valence-electron chi connectivity index (χ2n) is 3.34. The molecule has 0 spiro atoms. The summed E-state index contributed by atoms with van der Waals surface area (Å²) in [6.07, 6.45) is 3.05. The van der Waals surface area contributed by atoms with Gasteiger partial charge in [-0.2, -0.15) is 0 Å². The van der Waals surface area contributed by atoms with Gasteiger partial charge in [0.1, 0.15) is 0 Å². The third kappa shape index (κ3) is 3.32. The molecular formula is C9H19N3. The molecule has 3 nitrogen and oxygen atoms in total. The van der Waals surface area contributed by atoms with Gasteiger partial charge in [0.15, 0.2) is 0 Å². The molecular weight excluding hydrogens is 150 g/mol. The highest BCUT2D eigenvalue weighted by atomic mass is 15.3. The maximum Gasteiger partial charge on any atom is 0.0906 e. The van der Waals surface area contributed by atoms with Crippen LogP contribution in [0, 0.1) is 0 Å². The first-order valence-corrected chi connectivity index (χ1v) is 4.72. The molecule has 0 aromatic heterocycles. The minimum atomic E-state index is 0.891. The van der Waals surface area contributed by atoms with Crippen LogP contribution in [0.25, 0.3) is 0 Å². The van der Waals surface area contributed by atoms with Crippen LogP contribution in [-0.2, 0) is 0 Å². The fraction of sp³-hybridized carbons (Fsp3) is 0.889. The molecule has 1 saturated heterocycles. The lowest BCUT2D eigenvalue weighted by Crippen LogP contribution is -2.44. The molecule has 70 valence electrons. The third-order valence-corrected chi connectivity index (χ3v) is 2.19. The highest BCUT2D eigenvalue weighted by Gasteiger charge is 2.11. The molecule has 0 atom stereocenters. The van der Waals surface area contributed by atoms with E-state index in [4.69, 9.17) is 0 Å². The summed E-state index contributed by atoms with van der Waals surface area (Å²) < 4.78 is 0. The average Bonchev–Trinajstić information content (AvgIpc) is 2.09. The molecule has 1 rings (SSSR count). The van der Waals surface area contributed by atoms with Crippen molar-refractivity contribution >= 4 is 6.21 Å². The van der Waals surface area contributed by atoms with E-state index in [1.807, 2.05) is 6.21 Å². The van der Waals surface area contributed by atoms with Crippen molar-refractivity contribution in [3.05, 3.63) is 0 Å². The summed E-state index contributed by atoms with van der Waals surface area (Å²) in [6.45, 7) is 7.70. The van der Waals surface area contributed by atoms with E-state index in [1.165, 1.54) is 13.1 Å². The van der Waals surface area contributed by atoms with Crippen molar-refractivity contribution in [3.63, 3.8) is 0 Å². The SMILES string of the molecule is CCC=NCN1CCN(C)CC1. The molecule has 3 heteroatoms. The Labute approximate surface area is 75.1 Å². The van der Waals surface area contributed by atoms with Crippen LogP contribution in [0.4, 0.5) is 0 Å². The van der Waals surface area contributed by atoms with Crippen molar-refractivity contribution in [2.45, 2.75) is 13.3 Å². The van der Waals surface area contributed by atoms with Crippen molar-refractivity contribution in [1.82, 2.24) is 9.80 Å². The largest absolute Gasteiger partial charge is 0.304 e. The van der Waals surface area contributed by atoms with Crippen molar-refractivity contribution in [1.29, 1.82) is 0 Å². The van der Waals surface area contributed by atoms with E-state index in [2.05, 4.69) is 28.8 Å². The summed E-state index contributed by atoms with van der Waals surface area (Å²) in [6, 6.07) is 0. The van der Waals surface area contributed by atoms with Gasteiger partial charge in [0.2, 0.25) is 0 Å². The summed E-state index contributed by atoms with van der Waals surface area (Å²) in [4.78, 5) is 9.08. The Morgan fingerprint density at radius 1 is 1.25 bits per heavy atom. The standard InChI is InChI=1S/C9H19N3/c1-3-4-10-9-12-7-5-11(2)6-8-12/h4H,3,5-9H2,1-2H3. The molecule has 0 unspecified atom stereocenters. The zero-order valence-electron chi connectivity index (χ0n) is 8.16. The van der Waals surface area contributed by atoms with Crippen LogP contribution in [0.1, 0.15) is 13.3 Å². The lowest BCUT2D eigenvalue weighted by atomic mass is 10.3. The van der Waals surface area contributed by atoms with Gasteiger partial charge in [0, 0.05) is 32.4 Å². The van der Waals surface area contributed by atoms with Crippen molar-refractivity contribution in [2.75, 3.05) is 39.9 Å². The Morgan fingerprint density at radius 3 is 2.50 bits per heavy atom. The van der Waals surface area contributed by atoms with Crippen LogP contribution in [0.15, 0.2) is 4.99 Å². The minimum absolute atomic E-state index is 0.891. The van der Waals surface area contributed by atoms with Crippen LogP contribution in [0.3, 0.4) is 0 Å². The normalized spacial score (nSPS) is 22.2. The fourth-order valence-electron chi connectivity index (χ4n) is 1.29. The molecule has 1 aliphatic heterocycles. The molecule has 0 aromatic carbocycles. The van der Waals surface area contributed by atoms with Gasteiger partial charge in [-0.3, -0.25) is 9.89 Å². The van der Waals surface area contributed by atoms with E-state index >= 15 is 0 Å². The lowest BCUT2D eigenvalue weighted by molar-refractivity contribution is 0.158. The van der Waals surface area contributed by atoms with Crippen LogP contribution < -0.4 is 0 Å². The first kappa shape index (κ1) is 9.68. The molecule has 1 fully saturated rings. The number of rotatable bonds is 3. The van der Waals surface area contributed by atoms with Gasteiger partial charge < -0.3 is 4.90 Å². The van der Waals surface area contributed by atoms with Gasteiger partial charge in [-0.05, 0) is 13.5 Å². The Kier molecular flexibility index (Phi) is 4.25. The average molecular weight is 169 g/mol. The summed E-state index contributed by atoms with van der Waals surface area (Å²) in [5.74, 6) is 0. The Bertz CT molecular complexity index is 137. The third-order valence-electron chi connectivity index (χ3n) is 2.19. The summed E-state index contributed by atoms with van der Waals surface area (Å²) >= 11 is 0. The van der Waals surface area contributed by atoms with Crippen molar-refractivity contribution in [2.24, 2.45) is 4.99 Å². The van der Waals surface area contributed by atoms with Gasteiger partial charge in [-0.25, -0.2) is 0 Å². The van der Waals surface area contributed by atoms with E-state index in [1.54, 1.807) is 0 Å². The Morgan fingerprint density at radius 2 is 1.92 bits per heavy atom. The Balaban J connectivity index is 2.13. The highest BCUT2D eigenvalue weighted by Crippen LogP contribution is 1.97. The van der Waals surface area contributed by atoms with E-state index in [-0.39, 0.29) is 0 Å². The van der Waals surface area contributed by atoms with Crippen molar-refractivity contribution < 1.29 is 0 Å². The second kappa shape index (κ2) is 5.27. The molecule has 0 saturated carbocycles. The fourth-order valence-corrected chi connectivity index (χ4v) is 1.29. The maximum atomic E-state index is 4.32. The van der Waals surface area contributed by atoms with Crippen molar-refractivity contribution in [3.8, 4) is 0 Å². The predicted molar refractivity (Wildman–Crippen MR) is 52.7 cm³/mol. The van der Waals surface area contributed by atoms with Gasteiger partial charge in [0.25, 0.3) is 0 Å². The van der Waals surface area contributed by atoms with Crippen LogP contribution in [-0.4, -0.2) is 55.9 Å². The molecule has 1 heterocycles. The maximum absolute atomic E-state index is 4.32. The summed E-state index contributed by atoms with van der Waals surface area (Å²) in [7, 11) is 2.17. The van der Waals surface area contributed by atoms with E-state index in [9.17, 15) is 0 Å². The molecule has 0 radical (unpaired) electrons. The smallest absolute Gasteiger partial charge is 0.0906 e. The lowest BCUT2D eigenvalue weighted by Gasteiger charge is -2.30. The molecule has 0 N–H and O–H groups in total. The zero-order chi connectivity index (χ0) is 8.81. The Hall–Kier alpha value is -0.410. The molecule has 0 aromatic rings. The molecule has 12 heavy (non-hydrogen) atoms. The molecule has 0 aliphatic carbocycles. The molecule has 0 amide bonds. The zero-order valence-corrected chi connectivity index (χ0v) is 8.16. The van der Waals surface area contributed by atoms with Crippen LogP contribution in [0.2, 0.25) is 0 Å². The van der Waals surface area contributed by atoms with Gasteiger partial charge in [-0.15, -0.1) is 0 Å². The van der Waals surface area contributed by atoms with Gasteiger partial charge in [0.05, 0.1) is 6.67 Å². The number of hydrogen-bond donors (Lipinski definition) is 0. The minimum Gasteiger partial charge on any atom is -0.304 e. The number of aliphatic imine (C=N–C) groups is 1. The molecule has 1 aliphatic rings. The second-order valence-corrected chi connectivity index (χ2v) is 3.34. The summed E-state index contributed by atoms with van der Waals surface area (Å²) in [5.41, 5.74) is 0. The monoisotopic (exact) mass is 169 g/mol. The first-order valence-electron chi connectivity index (χ1n) is 4.72. The predicted octanol–water partition coefficient (Wildman–Crippen LogP) is 0.672. The summed E-state index contributed by atoms with van der Waals surface area (Å²) in [5, 5.41) is 0. The highest BCUT2D eigenvalue weighted by molar-refractivity contribution is 5.56. The number of likely N-dealkylation sites (N-methyl/N-ethyl adjacent to an activating group) is 1. The first-order chi connectivity index (χ1) is 5.83. The number of piperazine rings is 1. The van der Waals surface area contributed by atoms with Gasteiger partial charge in [-0.1, -0.05) is 6.92 Å². The van der Waals surface area contributed by atoms with Crippen LogP contribution in [0.5, 0.6) is 0 Å². The number of hydrogen-bond acceptors (Lipinski definition) is 3. The van der Waals surface area contributed by atoms with Crippen LogP contribution >= 0.6 is 0 Å². The van der Waals surface area contributed by atoms with E-state index < -0.39 is 0 Å². The number of nitrogens with zero attached hydrogens (tertiary/aromatic N) is 3.